The number of hydrogen-bond acceptors (Lipinski definition) is 2. The molecule has 2 nitrogen and oxygen atoms in total. The summed E-state index contributed by atoms with van der Waals surface area (Å²) in [5, 5.41) is 0. The second-order valence-corrected chi connectivity index (χ2v) is 4.55. The summed E-state index contributed by atoms with van der Waals surface area (Å²) in [7, 11) is 0. The molecule has 0 heterocycles. The molecular formula is C13H8BrF2NO. The zero-order chi connectivity index (χ0) is 13.3. The highest BCUT2D eigenvalue weighted by Gasteiger charge is 2.15. The standard InChI is InChI=1S/C13H8BrF2NO/c14-10-5-7(1-3-12(10)16)13(18)9-6-8(17)2-4-11(9)15/h1-6H,17H2. The van der Waals surface area contributed by atoms with Crippen LogP contribution in [-0.2, 0) is 0 Å². The first-order valence-corrected chi connectivity index (χ1v) is 5.83. The molecule has 0 aliphatic carbocycles. The summed E-state index contributed by atoms with van der Waals surface area (Å²) in [4.78, 5) is 12.0. The van der Waals surface area contributed by atoms with Gasteiger partial charge in [-0.25, -0.2) is 8.78 Å². The van der Waals surface area contributed by atoms with Gasteiger partial charge < -0.3 is 5.73 Å². The molecule has 92 valence electrons. The van der Waals surface area contributed by atoms with Crippen LogP contribution in [0.2, 0.25) is 0 Å². The SMILES string of the molecule is Nc1ccc(F)c(C(=O)c2ccc(F)c(Br)c2)c1. The Morgan fingerprint density at radius 2 is 1.72 bits per heavy atom. The molecule has 0 saturated heterocycles. The molecule has 2 rings (SSSR count). The average Bonchev–Trinajstić information content (AvgIpc) is 2.35. The molecule has 2 N–H and O–H groups in total. The average molecular weight is 312 g/mol. The van der Waals surface area contributed by atoms with Crippen LogP contribution >= 0.6 is 15.9 Å². The van der Waals surface area contributed by atoms with E-state index in [0.29, 0.717) is 5.69 Å². The van der Waals surface area contributed by atoms with Gasteiger partial charge in [0.1, 0.15) is 11.6 Å². The molecule has 18 heavy (non-hydrogen) atoms. The van der Waals surface area contributed by atoms with Gasteiger partial charge >= 0.3 is 0 Å². The fourth-order valence-electron chi connectivity index (χ4n) is 1.51. The van der Waals surface area contributed by atoms with Crippen molar-refractivity contribution in [2.45, 2.75) is 0 Å². The van der Waals surface area contributed by atoms with Crippen LogP contribution in [0.3, 0.4) is 0 Å². The van der Waals surface area contributed by atoms with Crippen molar-refractivity contribution < 1.29 is 13.6 Å². The first kappa shape index (κ1) is 12.7. The van der Waals surface area contributed by atoms with E-state index < -0.39 is 17.4 Å². The minimum absolute atomic E-state index is 0.131. The Morgan fingerprint density at radius 1 is 1.06 bits per heavy atom. The van der Waals surface area contributed by atoms with E-state index in [2.05, 4.69) is 15.9 Å². The number of benzene rings is 2. The zero-order valence-corrected chi connectivity index (χ0v) is 10.7. The van der Waals surface area contributed by atoms with Crippen molar-refractivity contribution in [1.29, 1.82) is 0 Å². The normalized spacial score (nSPS) is 10.4. The van der Waals surface area contributed by atoms with Gasteiger partial charge in [-0.1, -0.05) is 0 Å². The molecule has 0 aromatic heterocycles. The van der Waals surface area contributed by atoms with E-state index in [1.807, 2.05) is 0 Å². The van der Waals surface area contributed by atoms with E-state index in [1.54, 1.807) is 0 Å². The van der Waals surface area contributed by atoms with Crippen molar-refractivity contribution in [2.24, 2.45) is 0 Å². The van der Waals surface area contributed by atoms with Gasteiger partial charge in [0.25, 0.3) is 0 Å². The van der Waals surface area contributed by atoms with Crippen LogP contribution in [0.15, 0.2) is 40.9 Å². The number of carbonyl (C=O) groups is 1. The van der Waals surface area contributed by atoms with Crippen LogP contribution in [0.4, 0.5) is 14.5 Å². The number of rotatable bonds is 2. The molecule has 0 amide bonds. The maximum absolute atomic E-state index is 13.5. The van der Waals surface area contributed by atoms with Gasteiger partial charge in [0, 0.05) is 11.3 Å². The van der Waals surface area contributed by atoms with Crippen molar-refractivity contribution in [3.63, 3.8) is 0 Å². The number of nitrogens with two attached hydrogens (primary N) is 1. The Labute approximate surface area is 111 Å². The molecule has 5 heteroatoms. The summed E-state index contributed by atoms with van der Waals surface area (Å²) in [6, 6.07) is 7.50. The predicted octanol–water partition coefficient (Wildman–Crippen LogP) is 3.54. The molecule has 0 atom stereocenters. The molecule has 0 aliphatic rings. The fourth-order valence-corrected chi connectivity index (χ4v) is 1.89. The minimum Gasteiger partial charge on any atom is -0.399 e. The van der Waals surface area contributed by atoms with E-state index in [1.165, 1.54) is 24.3 Å². The Balaban J connectivity index is 2.47. The van der Waals surface area contributed by atoms with Crippen molar-refractivity contribution >= 4 is 27.4 Å². The van der Waals surface area contributed by atoms with E-state index in [4.69, 9.17) is 5.73 Å². The molecule has 2 aromatic carbocycles. The maximum atomic E-state index is 13.5. The molecule has 0 fully saturated rings. The lowest BCUT2D eigenvalue weighted by molar-refractivity contribution is 0.103. The van der Waals surface area contributed by atoms with Crippen LogP contribution in [0.5, 0.6) is 0 Å². The second kappa shape index (κ2) is 4.86. The number of halogens is 3. The van der Waals surface area contributed by atoms with Crippen molar-refractivity contribution in [2.75, 3.05) is 5.73 Å². The Bertz CT molecular complexity index is 628. The first-order valence-electron chi connectivity index (χ1n) is 5.04. The van der Waals surface area contributed by atoms with Crippen molar-refractivity contribution in [3.8, 4) is 0 Å². The van der Waals surface area contributed by atoms with Crippen LogP contribution in [0.25, 0.3) is 0 Å². The van der Waals surface area contributed by atoms with Crippen LogP contribution in [-0.4, -0.2) is 5.78 Å². The summed E-state index contributed by atoms with van der Waals surface area (Å²) in [5.74, 6) is -1.69. The van der Waals surface area contributed by atoms with Crippen LogP contribution in [0, 0.1) is 11.6 Å². The van der Waals surface area contributed by atoms with Gasteiger partial charge in [-0.15, -0.1) is 0 Å². The third kappa shape index (κ3) is 2.41. The number of ketones is 1. The quantitative estimate of drug-likeness (QED) is 0.681. The van der Waals surface area contributed by atoms with Gasteiger partial charge in [-0.05, 0) is 52.3 Å². The lowest BCUT2D eigenvalue weighted by atomic mass is 10.0. The highest BCUT2D eigenvalue weighted by atomic mass is 79.9. The summed E-state index contributed by atoms with van der Waals surface area (Å²) in [5.41, 5.74) is 5.86. The first-order chi connectivity index (χ1) is 8.49. The molecule has 0 aliphatic heterocycles. The monoisotopic (exact) mass is 311 g/mol. The van der Waals surface area contributed by atoms with Crippen LogP contribution < -0.4 is 5.73 Å². The van der Waals surface area contributed by atoms with E-state index >= 15 is 0 Å². The van der Waals surface area contributed by atoms with Gasteiger partial charge in [-0.3, -0.25) is 4.79 Å². The highest BCUT2D eigenvalue weighted by Crippen LogP contribution is 2.21. The van der Waals surface area contributed by atoms with Gasteiger partial charge in [0.15, 0.2) is 5.78 Å². The Morgan fingerprint density at radius 3 is 2.39 bits per heavy atom. The molecular weight excluding hydrogens is 304 g/mol. The Hall–Kier alpha value is -1.75. The molecule has 0 radical (unpaired) electrons. The summed E-state index contributed by atoms with van der Waals surface area (Å²) in [6.07, 6.45) is 0. The summed E-state index contributed by atoms with van der Waals surface area (Å²) >= 11 is 2.97. The maximum Gasteiger partial charge on any atom is 0.196 e. The van der Waals surface area contributed by atoms with Crippen LogP contribution in [0.1, 0.15) is 15.9 Å². The molecule has 0 saturated carbocycles. The van der Waals surface area contributed by atoms with Crippen molar-refractivity contribution in [3.05, 3.63) is 63.6 Å². The third-order valence-electron chi connectivity index (χ3n) is 2.42. The predicted molar refractivity (Wildman–Crippen MR) is 68.3 cm³/mol. The number of anilines is 1. The lowest BCUT2D eigenvalue weighted by Crippen LogP contribution is -2.05. The summed E-state index contributed by atoms with van der Waals surface area (Å²) < 4.78 is 26.7. The zero-order valence-electron chi connectivity index (χ0n) is 9.08. The lowest BCUT2D eigenvalue weighted by Gasteiger charge is -2.05. The third-order valence-corrected chi connectivity index (χ3v) is 3.02. The molecule has 0 spiro atoms. The topological polar surface area (TPSA) is 43.1 Å². The fraction of sp³-hybridized carbons (Fsp3) is 0. The molecule has 0 unspecified atom stereocenters. The number of hydrogen-bond donors (Lipinski definition) is 1. The van der Waals surface area contributed by atoms with Gasteiger partial charge in [-0.2, -0.15) is 0 Å². The molecule has 2 aromatic rings. The Kier molecular flexibility index (Phi) is 3.43. The van der Waals surface area contributed by atoms with E-state index in [9.17, 15) is 13.6 Å². The number of carbonyl (C=O) groups excluding carboxylic acids is 1. The second-order valence-electron chi connectivity index (χ2n) is 3.70. The molecule has 0 bridgehead atoms. The summed E-state index contributed by atoms with van der Waals surface area (Å²) in [6.45, 7) is 0. The van der Waals surface area contributed by atoms with Gasteiger partial charge in [0.05, 0.1) is 10.0 Å². The minimum atomic E-state index is -0.658. The largest absolute Gasteiger partial charge is 0.399 e. The van der Waals surface area contributed by atoms with Crippen molar-refractivity contribution in [1.82, 2.24) is 0 Å². The van der Waals surface area contributed by atoms with E-state index in [-0.39, 0.29) is 15.6 Å². The van der Waals surface area contributed by atoms with Gasteiger partial charge in [0.2, 0.25) is 0 Å². The number of nitrogen functional groups attached to an aromatic ring is 1. The highest BCUT2D eigenvalue weighted by molar-refractivity contribution is 9.10. The van der Waals surface area contributed by atoms with E-state index in [0.717, 1.165) is 12.1 Å². The smallest absolute Gasteiger partial charge is 0.196 e.